The Labute approximate surface area is 78.8 Å². The standard InChI is InChI=1S/C8H5ClFN3/c9-6-4-7(10)8(11-5-6)13-3-1-2-12-13/h1-5H. The second-order valence-corrected chi connectivity index (χ2v) is 2.85. The largest absolute Gasteiger partial charge is 0.233 e. The van der Waals surface area contributed by atoms with Gasteiger partial charge < -0.3 is 0 Å². The number of nitrogens with zero attached hydrogens (tertiary/aromatic N) is 3. The summed E-state index contributed by atoms with van der Waals surface area (Å²) in [5, 5.41) is 4.12. The maximum Gasteiger partial charge on any atom is 0.189 e. The van der Waals surface area contributed by atoms with E-state index in [0.29, 0.717) is 0 Å². The summed E-state index contributed by atoms with van der Waals surface area (Å²) < 4.78 is 14.5. The molecular formula is C8H5ClFN3. The van der Waals surface area contributed by atoms with Gasteiger partial charge in [0.25, 0.3) is 0 Å². The molecule has 0 atom stereocenters. The lowest BCUT2D eigenvalue weighted by atomic mass is 10.4. The Morgan fingerprint density at radius 2 is 2.31 bits per heavy atom. The van der Waals surface area contributed by atoms with Crippen LogP contribution in [0.4, 0.5) is 4.39 Å². The average Bonchev–Trinajstić information content (AvgIpc) is 2.56. The fraction of sp³-hybridized carbons (Fsp3) is 0. The van der Waals surface area contributed by atoms with Crippen molar-refractivity contribution in [2.75, 3.05) is 0 Å². The van der Waals surface area contributed by atoms with Crippen molar-refractivity contribution in [3.63, 3.8) is 0 Å². The molecular weight excluding hydrogens is 193 g/mol. The molecule has 0 bridgehead atoms. The highest BCUT2D eigenvalue weighted by molar-refractivity contribution is 6.30. The monoisotopic (exact) mass is 197 g/mol. The molecule has 0 amide bonds. The van der Waals surface area contributed by atoms with Crippen LogP contribution in [0.3, 0.4) is 0 Å². The number of pyridine rings is 1. The molecule has 0 saturated heterocycles. The van der Waals surface area contributed by atoms with E-state index in [4.69, 9.17) is 11.6 Å². The topological polar surface area (TPSA) is 30.7 Å². The first-order chi connectivity index (χ1) is 6.27. The Morgan fingerprint density at radius 1 is 1.46 bits per heavy atom. The van der Waals surface area contributed by atoms with Crippen molar-refractivity contribution in [2.24, 2.45) is 0 Å². The van der Waals surface area contributed by atoms with E-state index in [1.54, 1.807) is 18.5 Å². The third-order valence-electron chi connectivity index (χ3n) is 1.51. The van der Waals surface area contributed by atoms with Crippen LogP contribution in [0.2, 0.25) is 5.02 Å². The van der Waals surface area contributed by atoms with E-state index >= 15 is 0 Å². The van der Waals surface area contributed by atoms with Gasteiger partial charge in [0.05, 0.1) is 5.02 Å². The maximum atomic E-state index is 13.2. The molecule has 3 nitrogen and oxygen atoms in total. The zero-order valence-electron chi connectivity index (χ0n) is 6.48. The predicted molar refractivity (Wildman–Crippen MR) is 46.3 cm³/mol. The molecule has 0 N–H and O–H groups in total. The first kappa shape index (κ1) is 8.19. The zero-order valence-corrected chi connectivity index (χ0v) is 7.24. The fourth-order valence-electron chi connectivity index (χ4n) is 0.970. The van der Waals surface area contributed by atoms with Crippen molar-refractivity contribution in [1.29, 1.82) is 0 Å². The van der Waals surface area contributed by atoms with E-state index < -0.39 is 5.82 Å². The van der Waals surface area contributed by atoms with Crippen molar-refractivity contribution in [3.8, 4) is 5.82 Å². The minimum atomic E-state index is -0.490. The quantitative estimate of drug-likeness (QED) is 0.701. The average molecular weight is 198 g/mol. The molecule has 0 fully saturated rings. The molecule has 0 unspecified atom stereocenters. The minimum absolute atomic E-state index is 0.148. The minimum Gasteiger partial charge on any atom is -0.233 e. The maximum absolute atomic E-state index is 13.2. The van der Waals surface area contributed by atoms with Gasteiger partial charge in [0.15, 0.2) is 11.6 Å². The Balaban J connectivity index is 2.53. The summed E-state index contributed by atoms with van der Waals surface area (Å²) in [4.78, 5) is 3.81. The molecule has 0 aliphatic rings. The molecule has 0 spiro atoms. The molecule has 2 rings (SSSR count). The number of hydrogen-bond acceptors (Lipinski definition) is 2. The lowest BCUT2D eigenvalue weighted by molar-refractivity contribution is 0.601. The van der Waals surface area contributed by atoms with Crippen LogP contribution in [0, 0.1) is 5.82 Å². The Morgan fingerprint density at radius 3 is 2.92 bits per heavy atom. The third-order valence-corrected chi connectivity index (χ3v) is 1.72. The molecule has 0 saturated carbocycles. The second-order valence-electron chi connectivity index (χ2n) is 2.41. The third kappa shape index (κ3) is 1.53. The zero-order chi connectivity index (χ0) is 9.26. The summed E-state index contributed by atoms with van der Waals surface area (Å²) in [7, 11) is 0. The molecule has 2 aromatic rings. The number of rotatable bonds is 1. The summed E-state index contributed by atoms with van der Waals surface area (Å²) in [6, 6.07) is 2.89. The molecule has 0 aliphatic heterocycles. The fourth-order valence-corrected chi connectivity index (χ4v) is 1.11. The normalized spacial score (nSPS) is 10.3. The van der Waals surface area contributed by atoms with Crippen LogP contribution in [-0.2, 0) is 0 Å². The molecule has 2 heterocycles. The van der Waals surface area contributed by atoms with Gasteiger partial charge in [-0.05, 0) is 12.1 Å². The van der Waals surface area contributed by atoms with Crippen LogP contribution in [0.1, 0.15) is 0 Å². The van der Waals surface area contributed by atoms with E-state index in [1.165, 1.54) is 16.9 Å². The van der Waals surface area contributed by atoms with Crippen molar-refractivity contribution < 1.29 is 4.39 Å². The Hall–Kier alpha value is -1.42. The summed E-state index contributed by atoms with van der Waals surface area (Å²) >= 11 is 5.55. The SMILES string of the molecule is Fc1cc(Cl)cnc1-n1cccn1. The highest BCUT2D eigenvalue weighted by atomic mass is 35.5. The van der Waals surface area contributed by atoms with Gasteiger partial charge in [-0.25, -0.2) is 14.1 Å². The van der Waals surface area contributed by atoms with Crippen molar-refractivity contribution in [3.05, 3.63) is 41.6 Å². The summed E-state index contributed by atoms with van der Waals surface area (Å²) in [5.74, 6) is -0.342. The van der Waals surface area contributed by atoms with Crippen molar-refractivity contribution >= 4 is 11.6 Å². The Bertz CT molecular complexity index is 413. The first-order valence-electron chi connectivity index (χ1n) is 3.58. The molecule has 5 heteroatoms. The van der Waals surface area contributed by atoms with Crippen molar-refractivity contribution in [1.82, 2.24) is 14.8 Å². The van der Waals surface area contributed by atoms with Crippen LogP contribution in [-0.4, -0.2) is 14.8 Å². The van der Waals surface area contributed by atoms with Gasteiger partial charge in [-0.2, -0.15) is 5.10 Å². The molecule has 66 valence electrons. The highest BCUT2D eigenvalue weighted by Crippen LogP contribution is 2.13. The van der Waals surface area contributed by atoms with Crippen LogP contribution >= 0.6 is 11.6 Å². The highest BCUT2D eigenvalue weighted by Gasteiger charge is 2.05. The van der Waals surface area contributed by atoms with E-state index in [2.05, 4.69) is 10.1 Å². The van der Waals surface area contributed by atoms with Crippen molar-refractivity contribution in [2.45, 2.75) is 0 Å². The summed E-state index contributed by atoms with van der Waals surface area (Å²) in [6.07, 6.45) is 4.54. The van der Waals surface area contributed by atoms with E-state index in [0.717, 1.165) is 0 Å². The van der Waals surface area contributed by atoms with Gasteiger partial charge >= 0.3 is 0 Å². The second kappa shape index (κ2) is 3.14. The van der Waals surface area contributed by atoms with Gasteiger partial charge in [-0.3, -0.25) is 0 Å². The number of aromatic nitrogens is 3. The van der Waals surface area contributed by atoms with E-state index in [1.807, 2.05) is 0 Å². The van der Waals surface area contributed by atoms with E-state index in [-0.39, 0.29) is 10.8 Å². The van der Waals surface area contributed by atoms with Crippen LogP contribution < -0.4 is 0 Å². The van der Waals surface area contributed by atoms with Gasteiger partial charge in [0.2, 0.25) is 0 Å². The lowest BCUT2D eigenvalue weighted by Crippen LogP contribution is -2.00. The van der Waals surface area contributed by atoms with Gasteiger partial charge in [0, 0.05) is 18.6 Å². The first-order valence-corrected chi connectivity index (χ1v) is 3.96. The smallest absolute Gasteiger partial charge is 0.189 e. The van der Waals surface area contributed by atoms with Gasteiger partial charge in [-0.15, -0.1) is 0 Å². The number of halogens is 2. The summed E-state index contributed by atoms with van der Waals surface area (Å²) in [5.41, 5.74) is 0. The van der Waals surface area contributed by atoms with Crippen LogP contribution in [0.5, 0.6) is 0 Å². The van der Waals surface area contributed by atoms with Gasteiger partial charge in [0.1, 0.15) is 0 Å². The molecule has 0 radical (unpaired) electrons. The molecule has 0 aliphatic carbocycles. The predicted octanol–water partition coefficient (Wildman–Crippen LogP) is 2.06. The Kier molecular flexibility index (Phi) is 1.98. The molecule has 13 heavy (non-hydrogen) atoms. The lowest BCUT2D eigenvalue weighted by Gasteiger charge is -2.00. The number of hydrogen-bond donors (Lipinski definition) is 0. The molecule has 0 aromatic carbocycles. The van der Waals surface area contributed by atoms with Crippen LogP contribution in [0.25, 0.3) is 5.82 Å². The van der Waals surface area contributed by atoms with Crippen LogP contribution in [0.15, 0.2) is 30.7 Å². The van der Waals surface area contributed by atoms with Gasteiger partial charge in [-0.1, -0.05) is 11.6 Å². The summed E-state index contributed by atoms with van der Waals surface area (Å²) in [6.45, 7) is 0. The van der Waals surface area contributed by atoms with E-state index in [9.17, 15) is 4.39 Å². The molecule has 2 aromatic heterocycles.